The summed E-state index contributed by atoms with van der Waals surface area (Å²) in [5, 5.41) is 18.1. The molecule has 4 atom stereocenters. The van der Waals surface area contributed by atoms with Gasteiger partial charge in [0.1, 0.15) is 0 Å². The van der Waals surface area contributed by atoms with Crippen molar-refractivity contribution in [3.63, 3.8) is 0 Å². The van der Waals surface area contributed by atoms with E-state index in [0.29, 0.717) is 6.42 Å². The average molecular weight is 253 g/mol. The Morgan fingerprint density at radius 2 is 2.11 bits per heavy atom. The highest BCUT2D eigenvalue weighted by Crippen LogP contribution is 2.49. The van der Waals surface area contributed by atoms with Gasteiger partial charge in [0.05, 0.1) is 5.92 Å². The molecule has 2 N–H and O–H groups in total. The van der Waals surface area contributed by atoms with E-state index in [1.165, 1.54) is 0 Å². The Morgan fingerprint density at radius 1 is 1.44 bits per heavy atom. The molecule has 1 heterocycles. The lowest BCUT2D eigenvalue weighted by atomic mass is 9.59. The van der Waals surface area contributed by atoms with Gasteiger partial charge in [0, 0.05) is 12.5 Å². The van der Waals surface area contributed by atoms with Crippen LogP contribution in [0.2, 0.25) is 0 Å². The van der Waals surface area contributed by atoms with Gasteiger partial charge in [-0.3, -0.25) is 9.59 Å². The van der Waals surface area contributed by atoms with E-state index in [1.807, 2.05) is 0 Å². The number of carboxylic acids is 1. The van der Waals surface area contributed by atoms with Crippen molar-refractivity contribution >= 4 is 18.0 Å². The quantitative estimate of drug-likeness (QED) is 0.736. The van der Waals surface area contributed by atoms with Crippen LogP contribution in [0.1, 0.15) is 19.3 Å². The van der Waals surface area contributed by atoms with Crippen molar-refractivity contribution in [2.45, 2.75) is 25.3 Å². The van der Waals surface area contributed by atoms with E-state index in [4.69, 9.17) is 10.2 Å². The molecule has 1 saturated heterocycles. The number of hydrogen-bond donors (Lipinski definition) is 2. The lowest BCUT2D eigenvalue weighted by Crippen LogP contribution is -2.64. The number of carbonyl (C=O) groups is 3. The molecule has 2 amide bonds. The maximum absolute atomic E-state index is 11.8. The number of carboxylic acid groups (broad SMARTS) is 2. The Kier molecular flexibility index (Phi) is 3.11. The number of allylic oxidation sites excluding steroid dienone is 1. The number of fused-ring (bicyclic) bond motifs is 1. The number of hydrogen-bond acceptors (Lipinski definition) is 3. The van der Waals surface area contributed by atoms with Crippen molar-refractivity contribution in [2.24, 2.45) is 17.8 Å². The first-order valence-corrected chi connectivity index (χ1v) is 5.86. The number of piperidine rings is 1. The molecule has 2 fully saturated rings. The molecule has 0 spiro atoms. The second kappa shape index (κ2) is 4.44. The average Bonchev–Trinajstić information content (AvgIpc) is 2.20. The maximum atomic E-state index is 11.8. The maximum Gasteiger partial charge on any atom is 0.414 e. The third-order valence-electron chi connectivity index (χ3n) is 3.98. The highest BCUT2D eigenvalue weighted by atomic mass is 16.4. The largest absolute Gasteiger partial charge is 0.481 e. The molecule has 1 aliphatic heterocycles. The molecule has 0 aromatic rings. The molecule has 0 bridgehead atoms. The number of likely N-dealkylation sites (tertiary alicyclic amines) is 1. The molecule has 6 heteroatoms. The van der Waals surface area contributed by atoms with Crippen LogP contribution in [-0.4, -0.2) is 39.1 Å². The molecule has 4 unspecified atom stereocenters. The fourth-order valence-electron chi connectivity index (χ4n) is 3.18. The summed E-state index contributed by atoms with van der Waals surface area (Å²) in [6.45, 7) is 3.60. The third-order valence-corrected chi connectivity index (χ3v) is 3.98. The number of rotatable bonds is 3. The predicted molar refractivity (Wildman–Crippen MR) is 60.8 cm³/mol. The molecule has 0 aromatic carbocycles. The molecule has 98 valence electrons. The zero-order valence-electron chi connectivity index (χ0n) is 9.78. The zero-order valence-corrected chi connectivity index (χ0v) is 9.78. The summed E-state index contributed by atoms with van der Waals surface area (Å²) in [5.41, 5.74) is 0. The van der Waals surface area contributed by atoms with Gasteiger partial charge in [-0.1, -0.05) is 6.08 Å². The smallest absolute Gasteiger partial charge is 0.414 e. The minimum absolute atomic E-state index is 0.0866. The summed E-state index contributed by atoms with van der Waals surface area (Å²) < 4.78 is 0. The molecule has 1 aliphatic carbocycles. The van der Waals surface area contributed by atoms with Crippen molar-refractivity contribution in [1.29, 1.82) is 0 Å². The van der Waals surface area contributed by atoms with Crippen LogP contribution in [0.15, 0.2) is 12.7 Å². The molecule has 0 radical (unpaired) electrons. The van der Waals surface area contributed by atoms with E-state index in [1.54, 1.807) is 6.08 Å². The first kappa shape index (κ1) is 12.6. The van der Waals surface area contributed by atoms with Crippen LogP contribution in [0.5, 0.6) is 0 Å². The van der Waals surface area contributed by atoms with E-state index >= 15 is 0 Å². The summed E-state index contributed by atoms with van der Waals surface area (Å²) in [6.07, 6.45) is 1.23. The van der Waals surface area contributed by atoms with Gasteiger partial charge in [-0.2, -0.15) is 0 Å². The summed E-state index contributed by atoms with van der Waals surface area (Å²) in [4.78, 5) is 34.7. The molecular formula is C12H15NO5. The molecular weight excluding hydrogens is 238 g/mol. The van der Waals surface area contributed by atoms with E-state index in [2.05, 4.69) is 6.58 Å². The van der Waals surface area contributed by atoms with Crippen LogP contribution in [0.25, 0.3) is 0 Å². The predicted octanol–water partition coefficient (Wildman–Crippen LogP) is 1.18. The van der Waals surface area contributed by atoms with Gasteiger partial charge < -0.3 is 10.2 Å². The number of nitrogens with zero attached hydrogens (tertiary/aromatic N) is 1. The second-order valence-electron chi connectivity index (χ2n) is 4.86. The molecule has 2 aliphatic rings. The van der Waals surface area contributed by atoms with Crippen LogP contribution in [-0.2, 0) is 9.59 Å². The van der Waals surface area contributed by atoms with Crippen LogP contribution in [0.3, 0.4) is 0 Å². The molecule has 6 nitrogen and oxygen atoms in total. The fourth-order valence-corrected chi connectivity index (χ4v) is 3.18. The molecule has 2 rings (SSSR count). The van der Waals surface area contributed by atoms with Crippen molar-refractivity contribution in [2.75, 3.05) is 0 Å². The van der Waals surface area contributed by atoms with Gasteiger partial charge in [0.25, 0.3) is 0 Å². The van der Waals surface area contributed by atoms with Gasteiger partial charge in [-0.25, -0.2) is 9.69 Å². The summed E-state index contributed by atoms with van der Waals surface area (Å²) in [7, 11) is 0. The Hall–Kier alpha value is -1.85. The summed E-state index contributed by atoms with van der Waals surface area (Å²) in [6, 6.07) is -0.477. The number of amides is 2. The van der Waals surface area contributed by atoms with Gasteiger partial charge in [0.2, 0.25) is 5.91 Å². The van der Waals surface area contributed by atoms with Gasteiger partial charge in [-0.15, -0.1) is 6.58 Å². The number of imide groups is 1. The highest BCUT2D eigenvalue weighted by Gasteiger charge is 2.57. The van der Waals surface area contributed by atoms with Gasteiger partial charge in [0.15, 0.2) is 0 Å². The topological polar surface area (TPSA) is 94.9 Å². The van der Waals surface area contributed by atoms with E-state index in [9.17, 15) is 14.4 Å². The lowest BCUT2D eigenvalue weighted by molar-refractivity contribution is -0.166. The minimum atomic E-state index is -1.28. The first-order chi connectivity index (χ1) is 8.47. The molecule has 1 saturated carbocycles. The van der Waals surface area contributed by atoms with Crippen molar-refractivity contribution < 1.29 is 24.6 Å². The second-order valence-corrected chi connectivity index (χ2v) is 4.86. The monoisotopic (exact) mass is 253 g/mol. The van der Waals surface area contributed by atoms with Gasteiger partial charge >= 0.3 is 12.1 Å². The SMILES string of the molecule is C=CCC1CC(=O)N(C(=O)O)C2CC(C(=O)O)C12. The molecule has 18 heavy (non-hydrogen) atoms. The third kappa shape index (κ3) is 1.77. The van der Waals surface area contributed by atoms with Gasteiger partial charge in [-0.05, 0) is 24.7 Å². The van der Waals surface area contributed by atoms with Crippen LogP contribution in [0.4, 0.5) is 4.79 Å². The van der Waals surface area contributed by atoms with Crippen molar-refractivity contribution in [3.8, 4) is 0 Å². The molecule has 0 aromatic heterocycles. The fraction of sp³-hybridized carbons (Fsp3) is 0.583. The van der Waals surface area contributed by atoms with Crippen molar-refractivity contribution in [1.82, 2.24) is 4.90 Å². The van der Waals surface area contributed by atoms with E-state index in [0.717, 1.165) is 4.90 Å². The number of aliphatic carboxylic acids is 1. The Morgan fingerprint density at radius 3 is 2.61 bits per heavy atom. The summed E-state index contributed by atoms with van der Waals surface area (Å²) >= 11 is 0. The Balaban J connectivity index is 2.24. The van der Waals surface area contributed by atoms with Crippen molar-refractivity contribution in [3.05, 3.63) is 12.7 Å². The normalized spacial score (nSPS) is 34.4. The van der Waals surface area contributed by atoms with E-state index in [-0.39, 0.29) is 24.7 Å². The Bertz CT molecular complexity index is 419. The zero-order chi connectivity index (χ0) is 13.4. The number of carbonyl (C=O) groups excluding carboxylic acids is 1. The first-order valence-electron chi connectivity index (χ1n) is 5.86. The lowest BCUT2D eigenvalue weighted by Gasteiger charge is -2.53. The Labute approximate surface area is 104 Å². The summed E-state index contributed by atoms with van der Waals surface area (Å²) in [5.74, 6) is -2.26. The van der Waals surface area contributed by atoms with Crippen LogP contribution in [0, 0.1) is 17.8 Å². The highest BCUT2D eigenvalue weighted by molar-refractivity contribution is 5.93. The van der Waals surface area contributed by atoms with Crippen LogP contribution >= 0.6 is 0 Å². The minimum Gasteiger partial charge on any atom is -0.481 e. The van der Waals surface area contributed by atoms with E-state index < -0.39 is 29.9 Å². The van der Waals surface area contributed by atoms with Crippen LogP contribution < -0.4 is 0 Å². The standard InChI is InChI=1S/C12H15NO5/c1-2-3-6-4-9(14)13(12(17)18)8-5-7(10(6)8)11(15)16/h2,6-8,10H,1,3-5H2,(H,15,16)(H,17,18).